The minimum absolute atomic E-state index is 0.0665. The number of primary amides is 1. The van der Waals surface area contributed by atoms with E-state index in [1.165, 1.54) is 0 Å². The van der Waals surface area contributed by atoms with E-state index in [1.807, 2.05) is 19.9 Å². The number of nitrogens with zero attached hydrogens (tertiary/aromatic N) is 1. The van der Waals surface area contributed by atoms with Crippen LogP contribution in [-0.4, -0.2) is 39.7 Å². The van der Waals surface area contributed by atoms with Crippen LogP contribution in [-0.2, 0) is 6.42 Å². The zero-order valence-corrected chi connectivity index (χ0v) is 17.0. The Morgan fingerprint density at radius 1 is 1.29 bits per heavy atom. The Kier molecular flexibility index (Phi) is 4.32. The van der Waals surface area contributed by atoms with Crippen LogP contribution in [0.5, 0.6) is 11.5 Å². The number of anilines is 1. The lowest BCUT2D eigenvalue weighted by Gasteiger charge is -2.08. The Labute approximate surface area is 176 Å². The number of benzene rings is 2. The second-order valence-corrected chi connectivity index (χ2v) is 7.55. The average molecular weight is 419 g/mol. The highest BCUT2D eigenvalue weighted by Gasteiger charge is 2.26. The summed E-state index contributed by atoms with van der Waals surface area (Å²) in [5.74, 6) is 0.505. The maximum Gasteiger partial charge on any atom is 0.272 e. The molecule has 0 spiro atoms. The van der Waals surface area contributed by atoms with Crippen molar-refractivity contribution in [3.63, 3.8) is 0 Å². The minimum Gasteiger partial charge on any atom is -0.493 e. The predicted molar refractivity (Wildman–Crippen MR) is 116 cm³/mol. The number of carbonyl (C=O) groups is 2. The predicted octanol–water partition coefficient (Wildman–Crippen LogP) is 3.12. The van der Waals surface area contributed by atoms with Crippen molar-refractivity contribution in [3.8, 4) is 11.5 Å². The Morgan fingerprint density at radius 2 is 2.13 bits per heavy atom. The van der Waals surface area contributed by atoms with Crippen LogP contribution in [0, 0.1) is 0 Å². The highest BCUT2D eigenvalue weighted by Crippen LogP contribution is 2.41. The van der Waals surface area contributed by atoms with E-state index in [-0.39, 0.29) is 17.7 Å². The third kappa shape index (κ3) is 3.14. The molecule has 4 aromatic rings. The number of nitrogens with two attached hydrogens (primary N) is 1. The van der Waals surface area contributed by atoms with Crippen molar-refractivity contribution in [1.82, 2.24) is 15.2 Å². The second kappa shape index (κ2) is 7.05. The summed E-state index contributed by atoms with van der Waals surface area (Å²) in [7, 11) is 0. The molecule has 2 amide bonds. The van der Waals surface area contributed by atoms with Crippen LogP contribution in [0.2, 0.25) is 0 Å². The first-order valence-electron chi connectivity index (χ1n) is 10.0. The highest BCUT2D eigenvalue weighted by atomic mass is 16.5. The van der Waals surface area contributed by atoms with Gasteiger partial charge >= 0.3 is 0 Å². The zero-order chi connectivity index (χ0) is 21.7. The molecule has 5 rings (SSSR count). The molecule has 1 atom stereocenters. The third-order valence-corrected chi connectivity index (χ3v) is 5.33. The molecule has 158 valence electrons. The molecule has 5 N–H and O–H groups in total. The van der Waals surface area contributed by atoms with E-state index in [0.717, 1.165) is 34.4 Å². The second-order valence-electron chi connectivity index (χ2n) is 7.55. The molecule has 9 heteroatoms. The van der Waals surface area contributed by atoms with E-state index < -0.39 is 5.91 Å². The SMILES string of the molecule is CCOc1cc2c(c3[nH]c(C(=O)Nc4ccc5[nH]nc(C(N)=O)c5c4)cc13)OC(C)C2. The first-order valence-corrected chi connectivity index (χ1v) is 10.0. The molecule has 2 aromatic heterocycles. The summed E-state index contributed by atoms with van der Waals surface area (Å²) in [5, 5.41) is 10.9. The van der Waals surface area contributed by atoms with E-state index in [0.29, 0.717) is 28.9 Å². The van der Waals surface area contributed by atoms with Crippen molar-refractivity contribution in [2.45, 2.75) is 26.4 Å². The third-order valence-electron chi connectivity index (χ3n) is 5.33. The van der Waals surface area contributed by atoms with Crippen molar-refractivity contribution >= 4 is 39.3 Å². The van der Waals surface area contributed by atoms with Gasteiger partial charge < -0.3 is 25.5 Å². The Hall–Kier alpha value is -4.01. The summed E-state index contributed by atoms with van der Waals surface area (Å²) in [5.41, 5.74) is 8.83. The largest absolute Gasteiger partial charge is 0.493 e. The van der Waals surface area contributed by atoms with Crippen LogP contribution in [0.3, 0.4) is 0 Å². The monoisotopic (exact) mass is 419 g/mol. The number of carbonyl (C=O) groups excluding carboxylic acids is 2. The molecular weight excluding hydrogens is 398 g/mol. The van der Waals surface area contributed by atoms with Crippen LogP contribution < -0.4 is 20.5 Å². The number of fused-ring (bicyclic) bond motifs is 4. The number of aromatic amines is 2. The van der Waals surface area contributed by atoms with E-state index in [2.05, 4.69) is 20.5 Å². The quantitative estimate of drug-likeness (QED) is 0.394. The maximum absolute atomic E-state index is 13.0. The lowest BCUT2D eigenvalue weighted by molar-refractivity contribution is 0.0994. The topological polar surface area (TPSA) is 135 Å². The Balaban J connectivity index is 1.51. The number of H-pyrrole nitrogens is 2. The van der Waals surface area contributed by atoms with Gasteiger partial charge in [-0.2, -0.15) is 5.10 Å². The van der Waals surface area contributed by atoms with Crippen molar-refractivity contribution in [2.75, 3.05) is 11.9 Å². The van der Waals surface area contributed by atoms with Gasteiger partial charge in [-0.25, -0.2) is 0 Å². The van der Waals surface area contributed by atoms with Gasteiger partial charge in [0.15, 0.2) is 5.69 Å². The van der Waals surface area contributed by atoms with Gasteiger partial charge in [-0.05, 0) is 44.2 Å². The molecule has 1 aliphatic heterocycles. The van der Waals surface area contributed by atoms with Gasteiger partial charge in [-0.1, -0.05) is 0 Å². The van der Waals surface area contributed by atoms with Gasteiger partial charge in [0, 0.05) is 28.4 Å². The molecule has 3 heterocycles. The summed E-state index contributed by atoms with van der Waals surface area (Å²) in [6.07, 6.45) is 0.857. The first-order chi connectivity index (χ1) is 14.9. The zero-order valence-electron chi connectivity index (χ0n) is 17.0. The molecule has 31 heavy (non-hydrogen) atoms. The molecule has 1 unspecified atom stereocenters. The number of amides is 2. The van der Waals surface area contributed by atoms with Gasteiger partial charge in [-0.15, -0.1) is 0 Å². The van der Waals surface area contributed by atoms with Crippen molar-refractivity contribution in [3.05, 3.63) is 47.3 Å². The fourth-order valence-corrected chi connectivity index (χ4v) is 4.00. The first kappa shape index (κ1) is 19.0. The van der Waals surface area contributed by atoms with Crippen molar-refractivity contribution in [1.29, 1.82) is 0 Å². The number of hydrogen-bond donors (Lipinski definition) is 4. The number of aromatic nitrogens is 3. The van der Waals surface area contributed by atoms with Crippen molar-refractivity contribution < 1.29 is 19.1 Å². The van der Waals surface area contributed by atoms with Crippen LogP contribution >= 0.6 is 0 Å². The lowest BCUT2D eigenvalue weighted by Crippen LogP contribution is -2.13. The fraction of sp³-hybridized carbons (Fsp3) is 0.227. The van der Waals surface area contributed by atoms with Gasteiger partial charge in [0.2, 0.25) is 0 Å². The summed E-state index contributed by atoms with van der Waals surface area (Å²) in [6, 6.07) is 8.85. The van der Waals surface area contributed by atoms with E-state index in [9.17, 15) is 9.59 Å². The van der Waals surface area contributed by atoms with E-state index in [1.54, 1.807) is 24.3 Å². The number of ether oxygens (including phenoxy) is 2. The highest BCUT2D eigenvalue weighted by molar-refractivity contribution is 6.09. The molecule has 1 aliphatic rings. The molecule has 0 saturated carbocycles. The van der Waals surface area contributed by atoms with Crippen LogP contribution in [0.4, 0.5) is 5.69 Å². The van der Waals surface area contributed by atoms with E-state index >= 15 is 0 Å². The van der Waals surface area contributed by atoms with Gasteiger partial charge in [0.05, 0.1) is 17.6 Å². The number of nitrogens with one attached hydrogen (secondary N) is 3. The fourth-order valence-electron chi connectivity index (χ4n) is 4.00. The maximum atomic E-state index is 13.0. The number of hydrogen-bond acceptors (Lipinski definition) is 5. The summed E-state index contributed by atoms with van der Waals surface area (Å²) >= 11 is 0. The number of rotatable bonds is 5. The smallest absolute Gasteiger partial charge is 0.272 e. The Bertz CT molecular complexity index is 1350. The standard InChI is InChI=1S/C22H21N5O4/c1-3-30-17-7-11-6-10(2)31-20(11)18-14(17)9-16(25-18)22(29)24-12-4-5-15-13(8-12)19(21(23)28)27-26-15/h4-5,7-10,25H,3,6H2,1-2H3,(H2,23,28)(H,24,29)(H,26,27). The summed E-state index contributed by atoms with van der Waals surface area (Å²) in [6.45, 7) is 4.45. The van der Waals surface area contributed by atoms with E-state index in [4.69, 9.17) is 15.2 Å². The molecule has 0 radical (unpaired) electrons. The lowest BCUT2D eigenvalue weighted by atomic mass is 10.1. The van der Waals surface area contributed by atoms with Crippen LogP contribution in [0.15, 0.2) is 30.3 Å². The van der Waals surface area contributed by atoms with Gasteiger partial charge in [0.1, 0.15) is 23.3 Å². The molecule has 0 bridgehead atoms. The van der Waals surface area contributed by atoms with Gasteiger partial charge in [0.25, 0.3) is 11.8 Å². The summed E-state index contributed by atoms with van der Waals surface area (Å²) in [4.78, 5) is 27.7. The normalized spacial score (nSPS) is 15.1. The molecule has 2 aromatic carbocycles. The van der Waals surface area contributed by atoms with Crippen LogP contribution in [0.1, 0.15) is 40.4 Å². The summed E-state index contributed by atoms with van der Waals surface area (Å²) < 4.78 is 11.8. The minimum atomic E-state index is -0.642. The van der Waals surface area contributed by atoms with Gasteiger partial charge in [-0.3, -0.25) is 14.7 Å². The molecule has 0 saturated heterocycles. The molecule has 9 nitrogen and oxygen atoms in total. The molecule has 0 aliphatic carbocycles. The van der Waals surface area contributed by atoms with Crippen LogP contribution in [0.25, 0.3) is 21.8 Å². The molecular formula is C22H21N5O4. The average Bonchev–Trinajstić information content (AvgIpc) is 3.43. The molecule has 0 fully saturated rings. The Morgan fingerprint density at radius 3 is 2.90 bits per heavy atom. The van der Waals surface area contributed by atoms with Crippen molar-refractivity contribution in [2.24, 2.45) is 5.73 Å².